The summed E-state index contributed by atoms with van der Waals surface area (Å²) in [5, 5.41) is 47.5. The molecule has 19 nitrogen and oxygen atoms in total. The van der Waals surface area contributed by atoms with Gasteiger partial charge in [0.1, 0.15) is 11.5 Å². The molecule has 0 amide bonds. The van der Waals surface area contributed by atoms with Crippen molar-refractivity contribution >= 4 is 35.3 Å². The predicted octanol–water partition coefficient (Wildman–Crippen LogP) is 4.52. The number of Topliss-reactive ketones (excluding diaryl/α,β-unsaturated/α-hetero) is 4. The van der Waals surface area contributed by atoms with E-state index in [1.807, 2.05) is 53.2 Å². The first kappa shape index (κ1) is 57.3. The molecule has 19 heteroatoms. The van der Waals surface area contributed by atoms with E-state index in [2.05, 4.69) is 19.4 Å². The maximum absolute atomic E-state index is 12.8. The van der Waals surface area contributed by atoms with Crippen molar-refractivity contribution in [2.75, 3.05) is 47.9 Å². The molecule has 0 unspecified atom stereocenters. The average Bonchev–Trinajstić information content (AvgIpc) is 2.80. The first-order chi connectivity index (χ1) is 37.5. The van der Waals surface area contributed by atoms with E-state index in [1.165, 1.54) is 33.9 Å². The lowest BCUT2D eigenvalue weighted by Crippen LogP contribution is -2.76. The van der Waals surface area contributed by atoms with Crippen LogP contribution in [0.4, 0.5) is 4.79 Å². The van der Waals surface area contributed by atoms with Gasteiger partial charge in [-0.3, -0.25) is 19.2 Å². The van der Waals surface area contributed by atoms with Crippen LogP contribution in [0.3, 0.4) is 0 Å². The van der Waals surface area contributed by atoms with E-state index < -0.39 is 63.5 Å². The second kappa shape index (κ2) is 19.9. The van der Waals surface area contributed by atoms with Crippen LogP contribution >= 0.6 is 0 Å². The Morgan fingerprint density at radius 3 is 1.23 bits per heavy atom. The topological polar surface area (TPSA) is 251 Å². The summed E-state index contributed by atoms with van der Waals surface area (Å²) < 4.78 is 33.3. The van der Waals surface area contributed by atoms with Crippen LogP contribution in [-0.4, -0.2) is 166 Å². The van der Waals surface area contributed by atoms with Crippen molar-refractivity contribution in [1.29, 1.82) is 0 Å². The second-order valence-electron chi connectivity index (χ2n) is 23.8. The molecule has 6 fully saturated rings. The SMILES string of the molecule is C.CC.CC(=O)Oc1ccc2c3c1O[C@@H]1C(=O)CC[C@]4(O)[C@H](C2)N(C)CC[C@@]314.CC(C)=O.CN1CC[C@@]23c4c5ccc([O-])c4O[C@@H]2C(=O)CC[C@]3(O)[C@@H]1C5.COC(=O)Oc1ccc2c3c1O[C@@H]1C(=O)CC[C@]4(O)[C@H](C2)N(C)CC[C@@]314. The summed E-state index contributed by atoms with van der Waals surface area (Å²) in [5.41, 5.74) is 0.578. The van der Waals surface area contributed by atoms with Gasteiger partial charge in [-0.25, -0.2) is 4.79 Å². The van der Waals surface area contributed by atoms with Crippen molar-refractivity contribution in [2.45, 2.75) is 189 Å². The Morgan fingerprint density at radius 1 is 0.550 bits per heavy atom. The molecule has 3 aromatic carbocycles. The molecule has 432 valence electrons. The van der Waals surface area contributed by atoms with Crippen LogP contribution in [0.2, 0.25) is 0 Å². The summed E-state index contributed by atoms with van der Waals surface area (Å²) in [5.74, 6) is 1.44. The molecule has 15 rings (SSSR count). The zero-order valence-corrected chi connectivity index (χ0v) is 46.5. The van der Waals surface area contributed by atoms with Gasteiger partial charge in [-0.05, 0) is 141 Å². The standard InChI is InChI=1S/C19H21NO6.C19H21NO5.C17H19NO4.C3H6O.C2H6.CH4/c1-20-8-7-18-14-10-3-4-12(25-17(22)24-2)15(14)26-16(18)11(21)5-6-19(18,23)13(20)9-10;1-10(21)24-13-4-3-11-9-14-19(23)6-5-12(22)17-18(19,7-8-20(14)2)15(11)16(13)25-17;1-18-7-6-16-13-9-2-3-10(19)14(13)22-15(16)11(20)4-5-17(16,21)12(18)8-9;1-3(2)4;1-2;/h3-4,13,16,23H,5-9H2,1-2H3;3-4,14,17,23H,5-9H2,1-2H3;2-3,12,15,19,21H,4-8H2,1H3;1-2H3;1-2H3;1H4/p-1/t13-,16+,18+,19-;14-,17+,18+,19-;12-,15+,16+,17-;;;/m000.../s1. The number of methoxy groups -OCH3 is 1. The maximum atomic E-state index is 12.8. The minimum absolute atomic E-state index is 0. The third kappa shape index (κ3) is 7.51. The van der Waals surface area contributed by atoms with Gasteiger partial charge in [0, 0.05) is 61.0 Å². The van der Waals surface area contributed by atoms with Crippen molar-refractivity contribution in [2.24, 2.45) is 0 Å². The van der Waals surface area contributed by atoms with Gasteiger partial charge in [0.25, 0.3) is 0 Å². The van der Waals surface area contributed by atoms with Crippen LogP contribution in [0.1, 0.15) is 133 Å². The van der Waals surface area contributed by atoms with Crippen LogP contribution in [0.5, 0.6) is 34.5 Å². The van der Waals surface area contributed by atoms with Crippen LogP contribution in [-0.2, 0) is 64.2 Å². The van der Waals surface area contributed by atoms with Crippen LogP contribution < -0.4 is 28.8 Å². The van der Waals surface area contributed by atoms with E-state index in [9.17, 15) is 49.2 Å². The molecule has 3 aromatic rings. The third-order valence-corrected chi connectivity index (χ3v) is 20.1. The number of carbonyl (C=O) groups is 6. The van der Waals surface area contributed by atoms with Crippen LogP contribution in [0, 0.1) is 0 Å². The summed E-state index contributed by atoms with van der Waals surface area (Å²) in [6.45, 7) is 10.8. The number of aliphatic hydroxyl groups is 3. The van der Waals surface area contributed by atoms with Crippen LogP contribution in [0.25, 0.3) is 0 Å². The minimum atomic E-state index is -1.03. The van der Waals surface area contributed by atoms with Gasteiger partial charge in [0.15, 0.2) is 58.7 Å². The number of piperidine rings is 3. The van der Waals surface area contributed by atoms with E-state index in [0.717, 1.165) is 53.0 Å². The fraction of sp³-hybridized carbons (Fsp3) is 0.607. The molecule has 0 radical (unpaired) electrons. The van der Waals surface area contributed by atoms with Gasteiger partial charge in [-0.2, -0.15) is 0 Å². The highest BCUT2D eigenvalue weighted by Crippen LogP contribution is 2.68. The van der Waals surface area contributed by atoms with E-state index in [1.54, 1.807) is 12.1 Å². The highest BCUT2D eigenvalue weighted by atomic mass is 16.7. The number of esters is 1. The number of ether oxygens (including phenoxy) is 6. The smallest absolute Gasteiger partial charge is 0.513 e. The Hall–Kier alpha value is -5.96. The zero-order valence-electron chi connectivity index (χ0n) is 46.5. The molecule has 12 atom stereocenters. The Bertz CT molecular complexity index is 3110. The highest BCUT2D eigenvalue weighted by molar-refractivity contribution is 5.92. The Kier molecular flexibility index (Phi) is 14.2. The Balaban J connectivity index is 0.000000128. The molecule has 3 spiro atoms. The number of benzene rings is 3. The quantitative estimate of drug-likeness (QED) is 0.181. The number of likely N-dealkylation sites (tertiary alicyclic amines) is 3. The van der Waals surface area contributed by atoms with E-state index >= 15 is 0 Å². The van der Waals surface area contributed by atoms with Gasteiger partial charge < -0.3 is 68.3 Å². The molecule has 3 saturated heterocycles. The fourth-order valence-electron chi connectivity index (χ4n) is 17.0. The minimum Gasteiger partial charge on any atom is -0.870 e. The summed E-state index contributed by atoms with van der Waals surface area (Å²) in [4.78, 5) is 77.1. The van der Waals surface area contributed by atoms with Gasteiger partial charge in [-0.15, -0.1) is 0 Å². The van der Waals surface area contributed by atoms with Crippen LogP contribution in [0.15, 0.2) is 36.4 Å². The van der Waals surface area contributed by atoms with E-state index in [0.29, 0.717) is 100 Å². The maximum Gasteiger partial charge on any atom is 0.513 e. The second-order valence-corrected chi connectivity index (χ2v) is 23.8. The molecular weight excluding hydrogens is 1030 g/mol. The number of rotatable bonds is 2. The van der Waals surface area contributed by atoms with Crippen molar-refractivity contribution in [3.05, 3.63) is 69.8 Å². The van der Waals surface area contributed by atoms with Crippen molar-refractivity contribution in [3.8, 4) is 34.5 Å². The Morgan fingerprint density at radius 2 is 0.875 bits per heavy atom. The number of ketones is 4. The molecule has 6 aliphatic carbocycles. The molecule has 3 saturated carbocycles. The molecule has 12 aliphatic rings. The normalized spacial score (nSPS) is 35.9. The van der Waals surface area contributed by atoms with Crippen molar-refractivity contribution in [1.82, 2.24) is 14.7 Å². The summed E-state index contributed by atoms with van der Waals surface area (Å²) >= 11 is 0. The predicted molar refractivity (Wildman–Crippen MR) is 288 cm³/mol. The summed E-state index contributed by atoms with van der Waals surface area (Å²) in [6, 6.07) is 10.6. The van der Waals surface area contributed by atoms with Gasteiger partial charge in [0.2, 0.25) is 0 Å². The lowest BCUT2D eigenvalue weighted by molar-refractivity contribution is -0.270. The molecule has 80 heavy (non-hydrogen) atoms. The summed E-state index contributed by atoms with van der Waals surface area (Å²) in [7, 11) is 7.33. The first-order valence-corrected chi connectivity index (χ1v) is 28.0. The van der Waals surface area contributed by atoms with E-state index in [4.69, 9.17) is 23.7 Å². The van der Waals surface area contributed by atoms with Crippen molar-refractivity contribution < 1.29 is 77.6 Å². The molecule has 6 aliphatic heterocycles. The third-order valence-electron chi connectivity index (χ3n) is 20.1. The number of hydrogen-bond donors (Lipinski definition) is 3. The molecule has 6 heterocycles. The highest BCUT2D eigenvalue weighted by Gasteiger charge is 2.75. The van der Waals surface area contributed by atoms with Gasteiger partial charge in [-0.1, -0.05) is 51.3 Å². The molecular formula is C61H76N3O16-. The average molecular weight is 1110 g/mol. The zero-order chi connectivity index (χ0) is 56.7. The monoisotopic (exact) mass is 1110 g/mol. The number of hydrogen-bond acceptors (Lipinski definition) is 19. The lowest BCUT2D eigenvalue weighted by Gasteiger charge is -2.62. The fourth-order valence-corrected chi connectivity index (χ4v) is 17.0. The number of nitrogens with zero attached hydrogens (tertiary/aromatic N) is 3. The lowest BCUT2D eigenvalue weighted by atomic mass is 9.49. The number of carbonyl (C=O) groups excluding carboxylic acids is 6. The molecule has 0 aromatic heterocycles. The van der Waals surface area contributed by atoms with E-state index in [-0.39, 0.29) is 60.2 Å². The Labute approximate surface area is 466 Å². The van der Waals surface area contributed by atoms with Gasteiger partial charge in [0.05, 0.1) is 40.2 Å². The first-order valence-electron chi connectivity index (χ1n) is 28.0. The summed E-state index contributed by atoms with van der Waals surface area (Å²) in [6.07, 6.45) is 3.41. The van der Waals surface area contributed by atoms with Gasteiger partial charge >= 0.3 is 12.1 Å². The molecule has 3 N–H and O–H groups in total. The number of likely N-dealkylation sites (N-methyl/N-ethyl adjacent to an activating group) is 3. The largest absolute Gasteiger partial charge is 0.870 e. The van der Waals surface area contributed by atoms with Crippen molar-refractivity contribution in [3.63, 3.8) is 0 Å². The molecule has 6 bridgehead atoms.